The van der Waals surface area contributed by atoms with Crippen LogP contribution < -0.4 is 5.63 Å². The van der Waals surface area contributed by atoms with Crippen LogP contribution in [0.15, 0.2) is 39.3 Å². The Bertz CT molecular complexity index is 1130. The van der Waals surface area contributed by atoms with Crippen molar-refractivity contribution in [1.82, 2.24) is 0 Å². The summed E-state index contributed by atoms with van der Waals surface area (Å²) in [7, 11) is 0. The molecule has 4 N–H and O–H groups in total. The summed E-state index contributed by atoms with van der Waals surface area (Å²) in [5.74, 6) is 0.759. The van der Waals surface area contributed by atoms with E-state index in [0.29, 0.717) is 5.92 Å². The van der Waals surface area contributed by atoms with Gasteiger partial charge < -0.3 is 34.3 Å². The van der Waals surface area contributed by atoms with Gasteiger partial charge in [-0.15, -0.1) is 0 Å². The Kier molecular flexibility index (Phi) is 6.49. The lowest BCUT2D eigenvalue weighted by Gasteiger charge is -2.62. The first kappa shape index (κ1) is 26.7. The van der Waals surface area contributed by atoms with Gasteiger partial charge in [0.15, 0.2) is 6.29 Å². The van der Waals surface area contributed by atoms with E-state index < -0.39 is 36.3 Å². The monoisotopic (exact) mass is 530 g/mol. The Balaban J connectivity index is 1.21. The standard InChI is InChI=1S/C30H42O8/c1-16-24(32)25(33)26(34)27(37-16)38-19-8-11-28(2)18(14-19)5-6-22-21(28)9-12-29(3)20(10-13-30(22,29)35)17-4-7-23(31)36-15-17/h4,7,14-16,19-22,24-27,32-35H,5-6,8-13H2,1-3H3/t16-,19-,20+,21+,22-,24-,25+,26+,27-,28-,29-,30-/m0/s1. The molecule has 1 aliphatic heterocycles. The van der Waals surface area contributed by atoms with Gasteiger partial charge in [-0.25, -0.2) is 4.79 Å². The Morgan fingerprint density at radius 1 is 0.947 bits per heavy atom. The third kappa shape index (κ3) is 3.82. The molecule has 5 aliphatic rings. The van der Waals surface area contributed by atoms with Crippen molar-refractivity contribution < 1.29 is 34.3 Å². The van der Waals surface area contributed by atoms with Crippen molar-refractivity contribution >= 4 is 0 Å². The van der Waals surface area contributed by atoms with Crippen LogP contribution in [0.25, 0.3) is 0 Å². The van der Waals surface area contributed by atoms with Gasteiger partial charge in [-0.3, -0.25) is 0 Å². The molecule has 38 heavy (non-hydrogen) atoms. The Hall–Kier alpha value is -1.55. The van der Waals surface area contributed by atoms with E-state index in [1.807, 2.05) is 6.07 Å². The van der Waals surface area contributed by atoms with Crippen molar-refractivity contribution in [2.45, 2.75) is 120 Å². The van der Waals surface area contributed by atoms with Crippen LogP contribution in [0.5, 0.6) is 0 Å². The van der Waals surface area contributed by atoms with Gasteiger partial charge in [0.05, 0.1) is 24.1 Å². The summed E-state index contributed by atoms with van der Waals surface area (Å²) in [5, 5.41) is 43.0. The number of hydrogen-bond donors (Lipinski definition) is 4. The molecule has 8 nitrogen and oxygen atoms in total. The maximum absolute atomic E-state index is 12.4. The van der Waals surface area contributed by atoms with Crippen molar-refractivity contribution in [3.63, 3.8) is 0 Å². The van der Waals surface area contributed by atoms with Crippen molar-refractivity contribution in [1.29, 1.82) is 0 Å². The summed E-state index contributed by atoms with van der Waals surface area (Å²) in [6, 6.07) is 3.36. The lowest BCUT2D eigenvalue weighted by Crippen LogP contribution is -2.60. The molecule has 1 aromatic rings. The van der Waals surface area contributed by atoms with Crippen molar-refractivity contribution in [2.24, 2.45) is 22.7 Å². The molecular weight excluding hydrogens is 488 g/mol. The molecule has 1 aromatic heterocycles. The van der Waals surface area contributed by atoms with Crippen LogP contribution in [-0.2, 0) is 9.47 Å². The number of fused-ring (bicyclic) bond motifs is 5. The van der Waals surface area contributed by atoms with E-state index in [1.165, 1.54) is 11.6 Å². The highest BCUT2D eigenvalue weighted by atomic mass is 16.7. The van der Waals surface area contributed by atoms with Crippen LogP contribution in [0.2, 0.25) is 0 Å². The van der Waals surface area contributed by atoms with Crippen LogP contribution in [0.4, 0.5) is 0 Å². The predicted octanol–water partition coefficient (Wildman–Crippen LogP) is 3.01. The third-order valence-corrected chi connectivity index (χ3v) is 11.5. The van der Waals surface area contributed by atoms with Crippen molar-refractivity contribution in [3.8, 4) is 0 Å². The van der Waals surface area contributed by atoms with E-state index in [-0.39, 0.29) is 34.4 Å². The summed E-state index contributed by atoms with van der Waals surface area (Å²) in [5.41, 5.74) is 0.991. The van der Waals surface area contributed by atoms with Gasteiger partial charge in [-0.05, 0) is 93.1 Å². The fourth-order valence-electron chi connectivity index (χ4n) is 9.17. The number of ether oxygens (including phenoxy) is 2. The molecule has 2 heterocycles. The second kappa shape index (κ2) is 9.25. The maximum atomic E-state index is 12.4. The van der Waals surface area contributed by atoms with Crippen molar-refractivity contribution in [3.05, 3.63) is 46.0 Å². The van der Waals surface area contributed by atoms with Gasteiger partial charge in [0.25, 0.3) is 0 Å². The predicted molar refractivity (Wildman–Crippen MR) is 138 cm³/mol. The third-order valence-electron chi connectivity index (χ3n) is 11.5. The van der Waals surface area contributed by atoms with Crippen LogP contribution in [0, 0.1) is 22.7 Å². The summed E-state index contributed by atoms with van der Waals surface area (Å²) in [6.07, 6.45) is 5.32. The zero-order valence-corrected chi connectivity index (χ0v) is 22.6. The Morgan fingerprint density at radius 3 is 2.47 bits per heavy atom. The van der Waals surface area contributed by atoms with Gasteiger partial charge in [-0.2, -0.15) is 0 Å². The number of aliphatic hydroxyl groups is 4. The summed E-state index contributed by atoms with van der Waals surface area (Å²) in [4.78, 5) is 11.5. The highest BCUT2D eigenvalue weighted by molar-refractivity contribution is 5.31. The fourth-order valence-corrected chi connectivity index (χ4v) is 9.17. The number of hydrogen-bond acceptors (Lipinski definition) is 8. The second-order valence-electron chi connectivity index (χ2n) is 13.1. The number of aliphatic hydroxyl groups excluding tert-OH is 3. The fraction of sp³-hybridized carbons (Fsp3) is 0.767. The second-order valence-corrected chi connectivity index (χ2v) is 13.1. The first-order chi connectivity index (χ1) is 18.0. The number of rotatable bonds is 3. The van der Waals surface area contributed by atoms with Gasteiger partial charge in [0.1, 0.15) is 18.3 Å². The van der Waals surface area contributed by atoms with E-state index >= 15 is 0 Å². The lowest BCUT2D eigenvalue weighted by molar-refractivity contribution is -0.301. The lowest BCUT2D eigenvalue weighted by atomic mass is 9.45. The minimum atomic E-state index is -1.31. The largest absolute Gasteiger partial charge is 0.431 e. The number of allylic oxidation sites excluding steroid dienone is 1. The van der Waals surface area contributed by atoms with E-state index in [4.69, 9.17) is 13.9 Å². The smallest absolute Gasteiger partial charge is 0.335 e. The molecule has 0 amide bonds. The molecule has 0 spiro atoms. The Morgan fingerprint density at radius 2 is 1.74 bits per heavy atom. The molecule has 3 saturated carbocycles. The molecule has 0 bridgehead atoms. The van der Waals surface area contributed by atoms with Crippen LogP contribution in [-0.4, -0.2) is 62.8 Å². The van der Waals surface area contributed by atoms with E-state index in [9.17, 15) is 25.2 Å². The molecule has 6 rings (SSSR count). The molecule has 12 atom stereocenters. The summed E-state index contributed by atoms with van der Waals surface area (Å²) < 4.78 is 17.0. The first-order valence-electron chi connectivity index (χ1n) is 14.4. The summed E-state index contributed by atoms with van der Waals surface area (Å²) in [6.45, 7) is 6.26. The normalized spacial score (nSPS) is 50.5. The van der Waals surface area contributed by atoms with E-state index in [0.717, 1.165) is 56.9 Å². The average Bonchev–Trinajstić information content (AvgIpc) is 3.18. The quantitative estimate of drug-likeness (QED) is 0.439. The van der Waals surface area contributed by atoms with E-state index in [1.54, 1.807) is 13.2 Å². The maximum Gasteiger partial charge on any atom is 0.335 e. The van der Waals surface area contributed by atoms with Crippen LogP contribution >= 0.6 is 0 Å². The van der Waals surface area contributed by atoms with E-state index in [2.05, 4.69) is 19.9 Å². The zero-order chi connectivity index (χ0) is 27.0. The topological polar surface area (TPSA) is 130 Å². The molecule has 8 heteroatoms. The Labute approximate surface area is 223 Å². The first-order valence-corrected chi connectivity index (χ1v) is 14.4. The molecule has 0 aromatic carbocycles. The minimum absolute atomic E-state index is 0.0213. The summed E-state index contributed by atoms with van der Waals surface area (Å²) >= 11 is 0. The zero-order valence-electron chi connectivity index (χ0n) is 22.6. The van der Waals surface area contributed by atoms with Crippen molar-refractivity contribution in [2.75, 3.05) is 0 Å². The van der Waals surface area contributed by atoms with Gasteiger partial charge in [0, 0.05) is 11.5 Å². The SMILES string of the molecule is C[C@@H]1O[C@@H](O[C@@H]2C=C3CC[C@H]4[C@@H](CC[C@@]5(C)[C@@H](c6ccc(=O)oc6)CC[C@]45O)[C@@]3(C)CC2)[C@H](O)[C@H](O)[C@H]1O. The highest BCUT2D eigenvalue weighted by Crippen LogP contribution is 2.70. The molecule has 210 valence electrons. The van der Waals surface area contributed by atoms with Gasteiger partial charge >= 0.3 is 5.63 Å². The van der Waals surface area contributed by atoms with Gasteiger partial charge in [0.2, 0.25) is 0 Å². The molecular formula is C30H42O8. The van der Waals surface area contributed by atoms with Gasteiger partial charge in [-0.1, -0.05) is 25.5 Å². The minimum Gasteiger partial charge on any atom is -0.431 e. The van der Waals surface area contributed by atoms with Crippen LogP contribution in [0.1, 0.15) is 83.6 Å². The molecule has 4 aliphatic carbocycles. The molecule has 0 radical (unpaired) electrons. The highest BCUT2D eigenvalue weighted by Gasteiger charge is 2.66. The van der Waals surface area contributed by atoms with Crippen LogP contribution in [0.3, 0.4) is 0 Å². The molecule has 0 unspecified atom stereocenters. The molecule has 1 saturated heterocycles. The molecule has 4 fully saturated rings. The average molecular weight is 531 g/mol.